The number of piperidine rings is 2. The summed E-state index contributed by atoms with van der Waals surface area (Å²) in [6.45, 7) is 5.94. The van der Waals surface area contributed by atoms with Crippen LogP contribution in [-0.2, 0) is 0 Å². The minimum atomic E-state index is -0.348. The van der Waals surface area contributed by atoms with Crippen molar-refractivity contribution in [2.75, 3.05) is 50.1 Å². The number of aromatic nitrogens is 2. The molecule has 2 saturated heterocycles. The zero-order valence-corrected chi connectivity index (χ0v) is 16.8. The Morgan fingerprint density at radius 1 is 1.14 bits per heavy atom. The van der Waals surface area contributed by atoms with Gasteiger partial charge in [-0.3, -0.25) is 10.1 Å². The van der Waals surface area contributed by atoms with Crippen molar-refractivity contribution < 1.29 is 9.55 Å². The largest absolute Gasteiger partial charge is 0.370 e. The van der Waals surface area contributed by atoms with Crippen molar-refractivity contribution in [1.82, 2.24) is 15.2 Å². The van der Waals surface area contributed by atoms with E-state index in [-0.39, 0.29) is 16.1 Å². The number of anilines is 2. The lowest BCUT2D eigenvalue weighted by Gasteiger charge is -2.37. The normalized spacial score (nSPS) is 20.0. The van der Waals surface area contributed by atoms with Gasteiger partial charge in [-0.15, -0.1) is 0 Å². The van der Waals surface area contributed by atoms with Crippen LogP contribution < -0.4 is 9.80 Å². The molecule has 4 rings (SSSR count). The quantitative estimate of drug-likeness (QED) is 0.583. The summed E-state index contributed by atoms with van der Waals surface area (Å²) in [5.74, 6) is 0.647. The van der Waals surface area contributed by atoms with Crippen LogP contribution in [0.15, 0.2) is 10.7 Å². The predicted molar refractivity (Wildman–Crippen MR) is 108 cm³/mol. The van der Waals surface area contributed by atoms with Gasteiger partial charge in [0.25, 0.3) is 0 Å². The summed E-state index contributed by atoms with van der Waals surface area (Å²) in [5, 5.41) is 19.9. The molecule has 9 heteroatoms. The zero-order valence-electron chi connectivity index (χ0n) is 16.8. The summed E-state index contributed by atoms with van der Waals surface area (Å²) >= 11 is 0. The Balaban J connectivity index is 1.77. The van der Waals surface area contributed by atoms with Gasteiger partial charge in [0.1, 0.15) is 5.69 Å². The molecule has 2 aliphatic heterocycles. The summed E-state index contributed by atoms with van der Waals surface area (Å²) in [6, 6.07) is 2.30. The fourth-order valence-electron chi connectivity index (χ4n) is 4.42. The van der Waals surface area contributed by atoms with Gasteiger partial charge in [-0.1, -0.05) is 6.92 Å². The molecule has 2 fully saturated rings. The van der Waals surface area contributed by atoms with E-state index in [0.29, 0.717) is 23.2 Å². The molecule has 0 bridgehead atoms. The van der Waals surface area contributed by atoms with Gasteiger partial charge in [-0.2, -0.15) is 0 Å². The van der Waals surface area contributed by atoms with E-state index in [1.54, 1.807) is 0 Å². The van der Waals surface area contributed by atoms with Crippen molar-refractivity contribution in [3.05, 3.63) is 16.2 Å². The van der Waals surface area contributed by atoms with E-state index in [2.05, 4.69) is 39.0 Å². The van der Waals surface area contributed by atoms with Crippen molar-refractivity contribution in [3.8, 4) is 0 Å². The van der Waals surface area contributed by atoms with E-state index in [0.717, 1.165) is 57.5 Å². The number of likely N-dealkylation sites (tertiary alicyclic amines) is 1. The van der Waals surface area contributed by atoms with Gasteiger partial charge in [0, 0.05) is 26.2 Å². The first-order valence-corrected chi connectivity index (χ1v) is 10.1. The molecule has 0 spiro atoms. The Bertz CT molecular complexity index is 853. The average molecular weight is 388 g/mol. The van der Waals surface area contributed by atoms with Gasteiger partial charge in [-0.05, 0) is 68.1 Å². The summed E-state index contributed by atoms with van der Waals surface area (Å²) in [6.07, 6.45) is 4.17. The molecule has 2 aromatic rings. The molecule has 0 amide bonds. The number of benzene rings is 1. The Hall–Kier alpha value is -2.42. The molecule has 0 radical (unpaired) electrons. The number of hydrogen-bond donors (Lipinski definition) is 0. The highest BCUT2D eigenvalue weighted by Crippen LogP contribution is 2.42. The van der Waals surface area contributed by atoms with Crippen LogP contribution in [0.1, 0.15) is 32.6 Å². The molecule has 0 aliphatic carbocycles. The molecule has 0 saturated carbocycles. The average Bonchev–Trinajstić information content (AvgIpc) is 3.16. The van der Waals surface area contributed by atoms with Crippen molar-refractivity contribution in [2.24, 2.45) is 5.92 Å². The molecule has 0 N–H and O–H groups in total. The van der Waals surface area contributed by atoms with Gasteiger partial charge < -0.3 is 14.7 Å². The highest BCUT2D eigenvalue weighted by molar-refractivity contribution is 6.00. The standard InChI is InChI=1S/C19H28N6O3/c1-13-4-10-24(11-5-13)16-12-15(23(3)14-6-8-22(2)9-7-14)17-18(21-28-20-17)19(16)25(26)27/h12-14H,4-11H2,1-3H3. The SMILES string of the molecule is CC1CCN(c2cc(N(C)C3CCN(C)CC3)c3nonc3c2[N+](=O)[O-])CC1. The lowest BCUT2D eigenvalue weighted by molar-refractivity contribution is -0.382. The Morgan fingerprint density at radius 3 is 2.43 bits per heavy atom. The van der Waals surface area contributed by atoms with Crippen LogP contribution in [0.25, 0.3) is 11.0 Å². The molecule has 3 heterocycles. The summed E-state index contributed by atoms with van der Waals surface area (Å²) < 4.78 is 4.95. The van der Waals surface area contributed by atoms with E-state index in [9.17, 15) is 10.1 Å². The lowest BCUT2D eigenvalue weighted by Crippen LogP contribution is -2.42. The monoisotopic (exact) mass is 388 g/mol. The van der Waals surface area contributed by atoms with E-state index < -0.39 is 0 Å². The second kappa shape index (κ2) is 7.54. The lowest BCUT2D eigenvalue weighted by atomic mass is 9.98. The molecular formula is C19H28N6O3. The Morgan fingerprint density at radius 2 is 1.79 bits per heavy atom. The highest BCUT2D eigenvalue weighted by Gasteiger charge is 2.32. The fraction of sp³-hybridized carbons (Fsp3) is 0.684. The van der Waals surface area contributed by atoms with Crippen molar-refractivity contribution in [3.63, 3.8) is 0 Å². The second-order valence-electron chi connectivity index (χ2n) is 8.30. The molecule has 9 nitrogen and oxygen atoms in total. The number of nitro benzene ring substituents is 1. The maximum absolute atomic E-state index is 11.9. The summed E-state index contributed by atoms with van der Waals surface area (Å²) in [7, 11) is 4.19. The zero-order chi connectivity index (χ0) is 19.8. The first-order chi connectivity index (χ1) is 13.5. The van der Waals surface area contributed by atoms with E-state index >= 15 is 0 Å². The predicted octanol–water partition coefficient (Wildman–Crippen LogP) is 2.90. The molecule has 0 atom stereocenters. The van der Waals surface area contributed by atoms with Crippen LogP contribution >= 0.6 is 0 Å². The Labute approximate surface area is 164 Å². The van der Waals surface area contributed by atoms with Crippen LogP contribution in [0, 0.1) is 16.0 Å². The van der Waals surface area contributed by atoms with Crippen LogP contribution in [0.4, 0.5) is 17.1 Å². The third-order valence-corrected chi connectivity index (χ3v) is 6.39. The van der Waals surface area contributed by atoms with E-state index in [1.165, 1.54) is 0 Å². The first-order valence-electron chi connectivity index (χ1n) is 10.1. The third-order valence-electron chi connectivity index (χ3n) is 6.39. The van der Waals surface area contributed by atoms with Gasteiger partial charge in [-0.25, -0.2) is 4.63 Å². The molecule has 152 valence electrons. The molecule has 1 aromatic heterocycles. The maximum Gasteiger partial charge on any atom is 0.323 e. The van der Waals surface area contributed by atoms with Gasteiger partial charge >= 0.3 is 5.69 Å². The van der Waals surface area contributed by atoms with Crippen molar-refractivity contribution in [1.29, 1.82) is 0 Å². The third kappa shape index (κ3) is 3.39. The second-order valence-corrected chi connectivity index (χ2v) is 8.30. The van der Waals surface area contributed by atoms with Crippen molar-refractivity contribution >= 4 is 28.1 Å². The number of nitro groups is 1. The number of nitrogens with zero attached hydrogens (tertiary/aromatic N) is 6. The van der Waals surface area contributed by atoms with Crippen LogP contribution in [0.2, 0.25) is 0 Å². The smallest absolute Gasteiger partial charge is 0.323 e. The highest BCUT2D eigenvalue weighted by atomic mass is 16.6. The minimum absolute atomic E-state index is 0.00586. The topological polar surface area (TPSA) is 91.8 Å². The molecule has 0 unspecified atom stereocenters. The minimum Gasteiger partial charge on any atom is -0.370 e. The van der Waals surface area contributed by atoms with Crippen LogP contribution in [0.5, 0.6) is 0 Å². The fourth-order valence-corrected chi connectivity index (χ4v) is 4.42. The summed E-state index contributed by atoms with van der Waals surface area (Å²) in [5.41, 5.74) is 2.23. The molecule has 28 heavy (non-hydrogen) atoms. The van der Waals surface area contributed by atoms with Crippen LogP contribution in [0.3, 0.4) is 0 Å². The maximum atomic E-state index is 11.9. The molecule has 1 aromatic carbocycles. The van der Waals surface area contributed by atoms with E-state index in [1.807, 2.05) is 13.1 Å². The van der Waals surface area contributed by atoms with Crippen molar-refractivity contribution in [2.45, 2.75) is 38.6 Å². The first kappa shape index (κ1) is 18.9. The Kier molecular flexibility index (Phi) is 5.09. The van der Waals surface area contributed by atoms with Gasteiger partial charge in [0.05, 0.1) is 10.6 Å². The van der Waals surface area contributed by atoms with Gasteiger partial charge in [0.2, 0.25) is 5.52 Å². The molecule has 2 aliphatic rings. The number of hydrogen-bond acceptors (Lipinski definition) is 8. The number of rotatable bonds is 4. The molecular weight excluding hydrogens is 360 g/mol. The van der Waals surface area contributed by atoms with E-state index in [4.69, 9.17) is 4.63 Å². The van der Waals surface area contributed by atoms with Gasteiger partial charge in [0.15, 0.2) is 5.52 Å². The van der Waals surface area contributed by atoms with Crippen LogP contribution in [-0.4, -0.2) is 66.5 Å². The number of fused-ring (bicyclic) bond motifs is 1. The summed E-state index contributed by atoms with van der Waals surface area (Å²) in [4.78, 5) is 18.2.